The topological polar surface area (TPSA) is 50.7 Å². The minimum Gasteiger partial charge on any atom is -0.493 e. The molecule has 25 heavy (non-hydrogen) atoms. The third-order valence-electron chi connectivity index (χ3n) is 4.23. The van der Waals surface area contributed by atoms with Crippen molar-refractivity contribution < 1.29 is 19.0 Å². The summed E-state index contributed by atoms with van der Waals surface area (Å²) in [5.74, 6) is 1.03. The molecule has 4 nitrogen and oxygen atoms in total. The van der Waals surface area contributed by atoms with Gasteiger partial charge in [-0.2, -0.15) is 0 Å². The molecule has 5 heteroatoms. The Labute approximate surface area is 148 Å². The number of hydrogen-bond donors (Lipinski definition) is 2. The molecule has 0 fully saturated rings. The second kappa shape index (κ2) is 8.83. The van der Waals surface area contributed by atoms with Gasteiger partial charge in [-0.3, -0.25) is 0 Å². The van der Waals surface area contributed by atoms with E-state index in [2.05, 4.69) is 5.32 Å². The van der Waals surface area contributed by atoms with Crippen LogP contribution in [-0.2, 0) is 0 Å². The second-order valence-corrected chi connectivity index (χ2v) is 6.10. The van der Waals surface area contributed by atoms with Crippen molar-refractivity contribution in [3.63, 3.8) is 0 Å². The van der Waals surface area contributed by atoms with Crippen molar-refractivity contribution in [3.8, 4) is 11.5 Å². The molecule has 0 spiro atoms. The Bertz CT molecular complexity index is 705. The molecule has 0 saturated heterocycles. The molecule has 0 amide bonds. The molecular weight excluding hydrogens is 321 g/mol. The van der Waals surface area contributed by atoms with E-state index in [-0.39, 0.29) is 31.1 Å². The van der Waals surface area contributed by atoms with Crippen LogP contribution in [0.4, 0.5) is 4.39 Å². The third kappa shape index (κ3) is 4.94. The zero-order chi connectivity index (χ0) is 18.4. The summed E-state index contributed by atoms with van der Waals surface area (Å²) < 4.78 is 24.6. The number of methoxy groups -OCH3 is 1. The van der Waals surface area contributed by atoms with Gasteiger partial charge in [0, 0.05) is 12.1 Å². The van der Waals surface area contributed by atoms with Crippen LogP contribution in [0, 0.1) is 12.7 Å². The number of nitrogens with one attached hydrogen (secondary N) is 1. The van der Waals surface area contributed by atoms with E-state index in [1.807, 2.05) is 38.1 Å². The Morgan fingerprint density at radius 1 is 1.04 bits per heavy atom. The summed E-state index contributed by atoms with van der Waals surface area (Å²) in [6.45, 7) is 5.99. The van der Waals surface area contributed by atoms with Crippen molar-refractivity contribution in [2.45, 2.75) is 32.9 Å². The Hall–Kier alpha value is -2.11. The molecule has 2 atom stereocenters. The van der Waals surface area contributed by atoms with Gasteiger partial charge in [0.15, 0.2) is 11.5 Å². The maximum absolute atomic E-state index is 13.8. The molecule has 136 valence electrons. The Balaban J connectivity index is 2.11. The van der Waals surface area contributed by atoms with Gasteiger partial charge in [-0.1, -0.05) is 18.2 Å². The smallest absolute Gasteiger partial charge is 0.161 e. The summed E-state index contributed by atoms with van der Waals surface area (Å²) in [6, 6.07) is 11.0. The molecular formula is C20H26FNO3. The van der Waals surface area contributed by atoms with Crippen LogP contribution in [0.2, 0.25) is 0 Å². The first-order valence-corrected chi connectivity index (χ1v) is 8.40. The lowest BCUT2D eigenvalue weighted by Crippen LogP contribution is -2.22. The number of hydrogen-bond acceptors (Lipinski definition) is 4. The first kappa shape index (κ1) is 19.2. The molecule has 2 aromatic rings. The largest absolute Gasteiger partial charge is 0.493 e. The molecule has 0 aromatic heterocycles. The average Bonchev–Trinajstić information content (AvgIpc) is 2.61. The maximum atomic E-state index is 13.8. The average molecular weight is 347 g/mol. The molecule has 0 bridgehead atoms. The number of aryl methyl sites for hydroxylation is 1. The third-order valence-corrected chi connectivity index (χ3v) is 4.23. The second-order valence-electron chi connectivity index (χ2n) is 6.10. The highest BCUT2D eigenvalue weighted by atomic mass is 19.1. The van der Waals surface area contributed by atoms with E-state index in [1.54, 1.807) is 26.2 Å². The zero-order valence-electron chi connectivity index (χ0n) is 15.2. The predicted octanol–water partition coefficient (Wildman–Crippen LogP) is 3.93. The maximum Gasteiger partial charge on any atom is 0.161 e. The van der Waals surface area contributed by atoms with E-state index < -0.39 is 0 Å². The number of rotatable bonds is 8. The molecule has 2 N–H and O–H groups in total. The van der Waals surface area contributed by atoms with E-state index in [0.29, 0.717) is 17.1 Å². The number of aliphatic hydroxyl groups is 1. The minimum absolute atomic E-state index is 0.00131. The van der Waals surface area contributed by atoms with Crippen molar-refractivity contribution >= 4 is 0 Å². The normalized spacial score (nSPS) is 13.4. The SMILES string of the molecule is COc1cc(C(C)NC(C)c2ccc(C)c(F)c2)ccc1OCCO. The molecule has 0 heterocycles. The van der Waals surface area contributed by atoms with Crippen LogP contribution in [0.1, 0.15) is 42.6 Å². The zero-order valence-corrected chi connectivity index (χ0v) is 15.2. The van der Waals surface area contributed by atoms with Crippen LogP contribution >= 0.6 is 0 Å². The Kier molecular flexibility index (Phi) is 6.79. The summed E-state index contributed by atoms with van der Waals surface area (Å²) in [7, 11) is 1.58. The van der Waals surface area contributed by atoms with Gasteiger partial charge >= 0.3 is 0 Å². The lowest BCUT2D eigenvalue weighted by Gasteiger charge is -2.22. The summed E-state index contributed by atoms with van der Waals surface area (Å²) in [6.07, 6.45) is 0. The van der Waals surface area contributed by atoms with Crippen LogP contribution in [0.5, 0.6) is 11.5 Å². The molecule has 0 saturated carbocycles. The number of halogens is 1. The summed E-state index contributed by atoms with van der Waals surface area (Å²) in [5.41, 5.74) is 2.59. The summed E-state index contributed by atoms with van der Waals surface area (Å²) >= 11 is 0. The van der Waals surface area contributed by atoms with Crippen molar-refractivity contribution in [1.29, 1.82) is 0 Å². The van der Waals surface area contributed by atoms with E-state index in [0.717, 1.165) is 11.1 Å². The van der Waals surface area contributed by atoms with Gasteiger partial charge in [0.1, 0.15) is 12.4 Å². The van der Waals surface area contributed by atoms with E-state index >= 15 is 0 Å². The van der Waals surface area contributed by atoms with Crippen LogP contribution in [0.15, 0.2) is 36.4 Å². The highest BCUT2D eigenvalue weighted by molar-refractivity contribution is 5.44. The first-order chi connectivity index (χ1) is 12.0. The monoisotopic (exact) mass is 347 g/mol. The van der Waals surface area contributed by atoms with Crippen LogP contribution in [-0.4, -0.2) is 25.4 Å². The predicted molar refractivity (Wildman–Crippen MR) is 96.7 cm³/mol. The number of benzene rings is 2. The molecule has 2 rings (SSSR count). The fraction of sp³-hybridized carbons (Fsp3) is 0.400. The fourth-order valence-electron chi connectivity index (χ4n) is 2.67. The van der Waals surface area contributed by atoms with Gasteiger partial charge in [0.05, 0.1) is 13.7 Å². The Morgan fingerprint density at radius 2 is 1.68 bits per heavy atom. The van der Waals surface area contributed by atoms with Crippen molar-refractivity contribution in [2.75, 3.05) is 20.3 Å². The molecule has 0 aliphatic heterocycles. The fourth-order valence-corrected chi connectivity index (χ4v) is 2.67. The molecule has 2 aromatic carbocycles. The van der Waals surface area contributed by atoms with Gasteiger partial charge in [-0.05, 0) is 55.7 Å². The van der Waals surface area contributed by atoms with Crippen LogP contribution < -0.4 is 14.8 Å². The van der Waals surface area contributed by atoms with E-state index in [1.165, 1.54) is 0 Å². The van der Waals surface area contributed by atoms with Crippen molar-refractivity contribution in [3.05, 3.63) is 58.9 Å². The van der Waals surface area contributed by atoms with Gasteiger partial charge < -0.3 is 19.9 Å². The lowest BCUT2D eigenvalue weighted by molar-refractivity contribution is 0.196. The van der Waals surface area contributed by atoms with Crippen molar-refractivity contribution in [2.24, 2.45) is 0 Å². The highest BCUT2D eigenvalue weighted by Crippen LogP contribution is 2.31. The van der Waals surface area contributed by atoms with Gasteiger partial charge in [-0.25, -0.2) is 4.39 Å². The first-order valence-electron chi connectivity index (χ1n) is 8.40. The molecule has 0 aliphatic rings. The lowest BCUT2D eigenvalue weighted by atomic mass is 10.0. The van der Waals surface area contributed by atoms with Gasteiger partial charge in [0.25, 0.3) is 0 Å². The Morgan fingerprint density at radius 3 is 2.28 bits per heavy atom. The number of aliphatic hydroxyl groups excluding tert-OH is 1. The summed E-state index contributed by atoms with van der Waals surface area (Å²) in [4.78, 5) is 0. The standard InChI is InChI=1S/C20H26FNO3/c1-13-5-6-16(11-18(13)21)14(2)22-15(3)17-7-8-19(25-10-9-23)20(12-17)24-4/h5-8,11-12,14-15,22-23H,9-10H2,1-4H3. The summed E-state index contributed by atoms with van der Waals surface area (Å²) in [5, 5.41) is 12.3. The van der Waals surface area contributed by atoms with Gasteiger partial charge in [-0.15, -0.1) is 0 Å². The molecule has 0 radical (unpaired) electrons. The van der Waals surface area contributed by atoms with Crippen molar-refractivity contribution in [1.82, 2.24) is 5.32 Å². The molecule has 0 aliphatic carbocycles. The van der Waals surface area contributed by atoms with E-state index in [9.17, 15) is 4.39 Å². The minimum atomic E-state index is -0.189. The highest BCUT2D eigenvalue weighted by Gasteiger charge is 2.14. The quantitative estimate of drug-likeness (QED) is 0.760. The number of ether oxygens (including phenoxy) is 2. The van der Waals surface area contributed by atoms with E-state index in [4.69, 9.17) is 14.6 Å². The van der Waals surface area contributed by atoms with Crippen LogP contribution in [0.3, 0.4) is 0 Å². The molecule has 2 unspecified atom stereocenters. The van der Waals surface area contributed by atoms with Gasteiger partial charge in [0.2, 0.25) is 0 Å². The van der Waals surface area contributed by atoms with Crippen LogP contribution in [0.25, 0.3) is 0 Å².